The molecule has 168 valence electrons. The van der Waals surface area contributed by atoms with E-state index < -0.39 is 27.4 Å². The average Bonchev–Trinajstić information content (AvgIpc) is 2.68. The molecule has 3 N–H and O–H groups in total. The Kier molecular flexibility index (Phi) is 7.32. The number of anilines is 2. The molecule has 0 unspecified atom stereocenters. The Morgan fingerprint density at radius 3 is 2.32 bits per heavy atom. The van der Waals surface area contributed by atoms with Crippen LogP contribution in [0.1, 0.15) is 33.3 Å². The van der Waals surface area contributed by atoms with Crippen molar-refractivity contribution >= 4 is 33.2 Å². The minimum Gasteiger partial charge on any atom is -0.495 e. The second-order valence-electron chi connectivity index (χ2n) is 8.22. The lowest BCUT2D eigenvalue weighted by Crippen LogP contribution is -2.46. The summed E-state index contributed by atoms with van der Waals surface area (Å²) in [6.07, 6.45) is 0. The van der Waals surface area contributed by atoms with Crippen LogP contribution in [-0.2, 0) is 19.6 Å². The first kappa shape index (κ1) is 24.2. The summed E-state index contributed by atoms with van der Waals surface area (Å²) in [4.78, 5) is 24.6. The van der Waals surface area contributed by atoms with Crippen LogP contribution in [0.4, 0.5) is 11.4 Å². The minimum absolute atomic E-state index is 0.0163. The number of methoxy groups -OCH3 is 1. The molecule has 31 heavy (non-hydrogen) atoms. The predicted octanol–water partition coefficient (Wildman–Crippen LogP) is 3.29. The highest BCUT2D eigenvalue weighted by atomic mass is 32.2. The van der Waals surface area contributed by atoms with Crippen molar-refractivity contribution < 1.29 is 22.7 Å². The third kappa shape index (κ3) is 6.21. The first-order valence-corrected chi connectivity index (χ1v) is 11.2. The third-order valence-electron chi connectivity index (χ3n) is 4.52. The number of hydrogen-bond donors (Lipinski definition) is 3. The predicted molar refractivity (Wildman–Crippen MR) is 121 cm³/mol. The number of rotatable bonds is 7. The number of hydrogen-bond acceptors (Lipinski definition) is 5. The molecule has 0 saturated carbocycles. The molecule has 2 rings (SSSR count). The molecule has 0 bridgehead atoms. The molecule has 0 spiro atoms. The van der Waals surface area contributed by atoms with Crippen LogP contribution in [0.5, 0.6) is 5.75 Å². The van der Waals surface area contributed by atoms with E-state index in [9.17, 15) is 18.0 Å². The van der Waals surface area contributed by atoms with Crippen molar-refractivity contribution in [2.45, 2.75) is 45.6 Å². The average molecular weight is 448 g/mol. The van der Waals surface area contributed by atoms with E-state index in [-0.39, 0.29) is 10.8 Å². The van der Waals surface area contributed by atoms with Crippen LogP contribution < -0.4 is 20.1 Å². The Hall–Kier alpha value is -3.07. The fraction of sp³-hybridized carbons (Fsp3) is 0.364. The molecule has 0 heterocycles. The maximum atomic E-state index is 13.0. The Labute approximate surface area is 183 Å². The van der Waals surface area contributed by atoms with Crippen LogP contribution in [0.2, 0.25) is 0 Å². The maximum absolute atomic E-state index is 13.0. The molecule has 2 aromatic rings. The molecular formula is C22H29N3O5S. The van der Waals surface area contributed by atoms with E-state index in [4.69, 9.17) is 4.74 Å². The molecule has 0 aliphatic carbocycles. The van der Waals surface area contributed by atoms with Crippen molar-refractivity contribution in [1.29, 1.82) is 0 Å². The Morgan fingerprint density at radius 2 is 1.71 bits per heavy atom. The Bertz CT molecular complexity index is 1070. The van der Waals surface area contributed by atoms with E-state index in [0.717, 1.165) is 0 Å². The van der Waals surface area contributed by atoms with Crippen molar-refractivity contribution in [2.24, 2.45) is 5.41 Å². The molecule has 0 aliphatic heterocycles. The minimum atomic E-state index is -3.94. The van der Waals surface area contributed by atoms with E-state index in [1.807, 2.05) is 0 Å². The number of carbonyl (C=O) groups excluding carboxylic acids is 2. The fourth-order valence-corrected chi connectivity index (χ4v) is 3.97. The van der Waals surface area contributed by atoms with Gasteiger partial charge in [0.2, 0.25) is 11.8 Å². The summed E-state index contributed by atoms with van der Waals surface area (Å²) < 4.78 is 33.7. The van der Waals surface area contributed by atoms with Gasteiger partial charge in [-0.25, -0.2) is 8.42 Å². The van der Waals surface area contributed by atoms with Gasteiger partial charge in [-0.3, -0.25) is 14.3 Å². The molecule has 0 radical (unpaired) electrons. The van der Waals surface area contributed by atoms with Gasteiger partial charge in [0.05, 0.1) is 17.7 Å². The molecule has 0 aromatic heterocycles. The summed E-state index contributed by atoms with van der Waals surface area (Å²) in [7, 11) is -2.49. The molecule has 2 amide bonds. The van der Waals surface area contributed by atoms with Gasteiger partial charge in [0, 0.05) is 11.1 Å². The Morgan fingerprint density at radius 1 is 1.06 bits per heavy atom. The van der Waals surface area contributed by atoms with Crippen molar-refractivity contribution in [2.75, 3.05) is 17.1 Å². The lowest BCUT2D eigenvalue weighted by Gasteiger charge is -2.21. The number of sulfonamides is 1. The summed E-state index contributed by atoms with van der Waals surface area (Å²) in [5.74, 6) is -0.331. The zero-order valence-electron chi connectivity index (χ0n) is 18.6. The molecule has 8 nitrogen and oxygen atoms in total. The van der Waals surface area contributed by atoms with E-state index in [0.29, 0.717) is 22.7 Å². The highest BCUT2D eigenvalue weighted by molar-refractivity contribution is 7.92. The van der Waals surface area contributed by atoms with E-state index in [1.165, 1.54) is 13.2 Å². The van der Waals surface area contributed by atoms with Gasteiger partial charge in [0.15, 0.2) is 0 Å². The Balaban J connectivity index is 2.23. The van der Waals surface area contributed by atoms with E-state index in [2.05, 4.69) is 15.4 Å². The molecule has 1 atom stereocenters. The summed E-state index contributed by atoms with van der Waals surface area (Å²) in [5.41, 5.74) is 0.476. The van der Waals surface area contributed by atoms with Gasteiger partial charge in [-0.2, -0.15) is 0 Å². The summed E-state index contributed by atoms with van der Waals surface area (Å²) in [6, 6.07) is 10.5. The van der Waals surface area contributed by atoms with Gasteiger partial charge in [0.1, 0.15) is 11.8 Å². The largest absolute Gasteiger partial charge is 0.495 e. The van der Waals surface area contributed by atoms with E-state index in [1.54, 1.807) is 71.0 Å². The van der Waals surface area contributed by atoms with Gasteiger partial charge in [-0.1, -0.05) is 39.0 Å². The number of amides is 2. The smallest absolute Gasteiger partial charge is 0.262 e. The maximum Gasteiger partial charge on any atom is 0.262 e. The lowest BCUT2D eigenvalue weighted by molar-refractivity contribution is -0.131. The van der Waals surface area contributed by atoms with Gasteiger partial charge in [-0.15, -0.1) is 0 Å². The first-order chi connectivity index (χ1) is 14.3. The zero-order chi connectivity index (χ0) is 23.4. The van der Waals surface area contributed by atoms with Crippen LogP contribution in [0, 0.1) is 12.3 Å². The van der Waals surface area contributed by atoms with Crippen molar-refractivity contribution in [3.63, 3.8) is 0 Å². The summed E-state index contributed by atoms with van der Waals surface area (Å²) in [5, 5.41) is 5.30. The quantitative estimate of drug-likeness (QED) is 0.603. The number of para-hydroxylation sites is 2. The van der Waals surface area contributed by atoms with Crippen LogP contribution in [0.3, 0.4) is 0 Å². The van der Waals surface area contributed by atoms with Crippen LogP contribution in [-0.4, -0.2) is 33.4 Å². The third-order valence-corrected chi connectivity index (χ3v) is 6.03. The molecule has 0 aliphatic rings. The van der Waals surface area contributed by atoms with E-state index >= 15 is 0 Å². The molecule has 0 fully saturated rings. The first-order valence-electron chi connectivity index (χ1n) is 9.73. The fourth-order valence-electron chi connectivity index (χ4n) is 2.63. The van der Waals surface area contributed by atoms with Gasteiger partial charge >= 0.3 is 0 Å². The van der Waals surface area contributed by atoms with Gasteiger partial charge in [0.25, 0.3) is 10.0 Å². The second kappa shape index (κ2) is 9.38. The van der Waals surface area contributed by atoms with Crippen molar-refractivity contribution in [3.8, 4) is 5.75 Å². The van der Waals surface area contributed by atoms with Crippen LogP contribution in [0.15, 0.2) is 47.4 Å². The van der Waals surface area contributed by atoms with Gasteiger partial charge < -0.3 is 15.4 Å². The normalized spacial score (nSPS) is 12.6. The van der Waals surface area contributed by atoms with Crippen molar-refractivity contribution in [1.82, 2.24) is 5.32 Å². The molecular weight excluding hydrogens is 418 g/mol. The number of ether oxygens (including phenoxy) is 1. The number of benzene rings is 2. The number of nitrogens with one attached hydrogen (secondary N) is 3. The topological polar surface area (TPSA) is 114 Å². The standard InChI is InChI=1S/C22H29N3O5S/c1-14-11-12-16(24-20(26)15(2)23-21(27)22(3,4)5)13-19(14)31(28,29)25-17-9-7-8-10-18(17)30-6/h7-13,15,25H,1-6H3,(H,23,27)(H,24,26)/t15-/m1/s1. The van der Waals surface area contributed by atoms with Crippen LogP contribution >= 0.6 is 0 Å². The highest BCUT2D eigenvalue weighted by Crippen LogP contribution is 2.28. The zero-order valence-corrected chi connectivity index (χ0v) is 19.4. The number of carbonyl (C=O) groups is 2. The monoisotopic (exact) mass is 447 g/mol. The van der Waals surface area contributed by atoms with Crippen LogP contribution in [0.25, 0.3) is 0 Å². The second-order valence-corrected chi connectivity index (χ2v) is 9.87. The lowest BCUT2D eigenvalue weighted by atomic mass is 9.95. The summed E-state index contributed by atoms with van der Waals surface area (Å²) in [6.45, 7) is 8.47. The van der Waals surface area contributed by atoms with Crippen molar-refractivity contribution in [3.05, 3.63) is 48.0 Å². The summed E-state index contributed by atoms with van der Waals surface area (Å²) >= 11 is 0. The SMILES string of the molecule is COc1ccccc1NS(=O)(=O)c1cc(NC(=O)[C@@H](C)NC(=O)C(C)(C)C)ccc1C. The molecule has 0 saturated heterocycles. The number of aryl methyl sites for hydroxylation is 1. The molecule has 9 heteroatoms. The molecule has 2 aromatic carbocycles. The highest BCUT2D eigenvalue weighted by Gasteiger charge is 2.25. The van der Waals surface area contributed by atoms with Gasteiger partial charge in [-0.05, 0) is 43.7 Å².